The Morgan fingerprint density at radius 1 is 1.31 bits per heavy atom. The fourth-order valence-corrected chi connectivity index (χ4v) is 3.44. The zero-order valence-corrected chi connectivity index (χ0v) is 14.7. The lowest BCUT2D eigenvalue weighted by Gasteiger charge is -2.12. The summed E-state index contributed by atoms with van der Waals surface area (Å²) in [4.78, 5) is 14.7. The molecule has 0 aromatic carbocycles. The van der Waals surface area contributed by atoms with E-state index in [4.69, 9.17) is 22.6 Å². The summed E-state index contributed by atoms with van der Waals surface area (Å²) >= 11 is 7.14. The lowest BCUT2D eigenvalue weighted by atomic mass is 10.1. The van der Waals surface area contributed by atoms with Gasteiger partial charge in [-0.3, -0.25) is 0 Å². The molecule has 1 unspecified atom stereocenters. The Balaban J connectivity index is 2.00. The molecule has 0 aliphatic carbocycles. The average Bonchev–Trinajstić information content (AvgIpc) is 2.98. The second kappa shape index (κ2) is 6.66. The largest absolute Gasteiger partial charge is 0.418 e. The summed E-state index contributed by atoms with van der Waals surface area (Å²) in [5.41, 5.74) is 5.34. The average molecular weight is 399 g/mol. The maximum atomic E-state index is 13.1. The van der Waals surface area contributed by atoms with Crippen molar-refractivity contribution in [2.75, 3.05) is 5.73 Å². The highest BCUT2D eigenvalue weighted by atomic mass is 35.5. The third-order valence-electron chi connectivity index (χ3n) is 3.49. The second-order valence-electron chi connectivity index (χ2n) is 5.29. The van der Waals surface area contributed by atoms with Gasteiger partial charge in [0, 0.05) is 17.6 Å². The highest BCUT2D eigenvalue weighted by Crippen LogP contribution is 2.39. The van der Waals surface area contributed by atoms with E-state index in [0.29, 0.717) is 5.69 Å². The van der Waals surface area contributed by atoms with Crippen LogP contribution >= 0.6 is 23.4 Å². The molecule has 0 radical (unpaired) electrons. The molecule has 3 rings (SSSR count). The van der Waals surface area contributed by atoms with Crippen molar-refractivity contribution < 1.29 is 13.2 Å². The zero-order chi connectivity index (χ0) is 19.1. The van der Waals surface area contributed by atoms with Crippen molar-refractivity contribution in [2.24, 2.45) is 0 Å². The summed E-state index contributed by atoms with van der Waals surface area (Å²) in [5.74, 6) is 0.123. The van der Waals surface area contributed by atoms with E-state index in [1.54, 1.807) is 6.92 Å². The predicted octanol–water partition coefficient (Wildman–Crippen LogP) is 4.33. The van der Waals surface area contributed by atoms with E-state index in [0.717, 1.165) is 18.0 Å². The summed E-state index contributed by atoms with van der Waals surface area (Å²) < 4.78 is 39.4. The summed E-state index contributed by atoms with van der Waals surface area (Å²) in [6.07, 6.45) is -3.66. The van der Waals surface area contributed by atoms with Crippen LogP contribution in [-0.2, 0) is 6.18 Å². The molecule has 0 saturated carbocycles. The maximum absolute atomic E-state index is 13.1. The van der Waals surface area contributed by atoms with Gasteiger partial charge in [0.25, 0.3) is 0 Å². The number of aromatic amines is 1. The van der Waals surface area contributed by atoms with E-state index in [9.17, 15) is 13.2 Å². The highest BCUT2D eigenvalue weighted by Gasteiger charge is 2.34. The molecule has 0 aliphatic heterocycles. The molecule has 0 aliphatic rings. The Morgan fingerprint density at radius 2 is 2.04 bits per heavy atom. The number of rotatable bonds is 3. The maximum Gasteiger partial charge on any atom is 0.418 e. The SMILES string of the molecule is CC(Sc1nc(N)cc(C#N)n1)c1cc2c(C(F)(F)F)c[nH]c2c(Cl)n1. The van der Waals surface area contributed by atoms with Crippen molar-refractivity contribution in [3.63, 3.8) is 0 Å². The first kappa shape index (κ1) is 18.3. The van der Waals surface area contributed by atoms with Crippen LogP contribution in [0.3, 0.4) is 0 Å². The van der Waals surface area contributed by atoms with Crippen LogP contribution in [0.4, 0.5) is 19.0 Å². The summed E-state index contributed by atoms with van der Waals surface area (Å²) in [6.45, 7) is 1.72. The van der Waals surface area contributed by atoms with Gasteiger partial charge in [0.2, 0.25) is 0 Å². The van der Waals surface area contributed by atoms with Crippen molar-refractivity contribution in [2.45, 2.75) is 23.5 Å². The van der Waals surface area contributed by atoms with Crippen LogP contribution in [0.2, 0.25) is 5.15 Å². The number of nitrogens with one attached hydrogen (secondary N) is 1. The molecule has 1 atom stereocenters. The van der Waals surface area contributed by atoms with Gasteiger partial charge in [-0.2, -0.15) is 18.4 Å². The molecular formula is C15H10ClF3N6S. The first-order valence-corrected chi connectivity index (χ1v) is 8.41. The number of pyridine rings is 1. The third kappa shape index (κ3) is 3.54. The number of nitrogen functional groups attached to an aromatic ring is 1. The first-order valence-electron chi connectivity index (χ1n) is 7.15. The van der Waals surface area contributed by atoms with Crippen molar-refractivity contribution in [1.82, 2.24) is 19.9 Å². The fourth-order valence-electron chi connectivity index (χ4n) is 2.32. The molecule has 0 bridgehead atoms. The number of hydrogen-bond acceptors (Lipinski definition) is 6. The number of H-pyrrole nitrogens is 1. The van der Waals surface area contributed by atoms with E-state index in [1.165, 1.54) is 12.1 Å². The normalized spacial score (nSPS) is 12.9. The van der Waals surface area contributed by atoms with Crippen molar-refractivity contribution in [3.05, 3.63) is 40.4 Å². The Hall–Kier alpha value is -2.51. The summed E-state index contributed by atoms with van der Waals surface area (Å²) in [6, 6.07) is 4.52. The Bertz CT molecular complexity index is 1030. The van der Waals surface area contributed by atoms with Crippen LogP contribution in [0.15, 0.2) is 23.5 Å². The topological polar surface area (TPSA) is 104 Å². The van der Waals surface area contributed by atoms with E-state index in [2.05, 4.69) is 19.9 Å². The predicted molar refractivity (Wildman–Crippen MR) is 91.5 cm³/mol. The molecule has 3 aromatic heterocycles. The summed E-state index contributed by atoms with van der Waals surface area (Å²) in [7, 11) is 0. The van der Waals surface area contributed by atoms with Gasteiger partial charge in [-0.1, -0.05) is 23.4 Å². The molecular weight excluding hydrogens is 389 g/mol. The molecule has 0 fully saturated rings. The molecule has 26 heavy (non-hydrogen) atoms. The number of hydrogen-bond donors (Lipinski definition) is 2. The van der Waals surface area contributed by atoms with Crippen LogP contribution in [0, 0.1) is 11.3 Å². The molecule has 0 spiro atoms. The molecule has 3 heterocycles. The van der Waals surface area contributed by atoms with E-state index >= 15 is 0 Å². The van der Waals surface area contributed by atoms with E-state index in [1.807, 2.05) is 6.07 Å². The Labute approximate surface area is 154 Å². The van der Waals surface area contributed by atoms with Gasteiger partial charge in [-0.15, -0.1) is 0 Å². The van der Waals surface area contributed by atoms with Crippen molar-refractivity contribution >= 4 is 40.1 Å². The first-order chi connectivity index (χ1) is 12.2. The van der Waals surface area contributed by atoms with Crippen LogP contribution in [-0.4, -0.2) is 19.9 Å². The molecule has 0 amide bonds. The number of halogens is 4. The lowest BCUT2D eigenvalue weighted by Crippen LogP contribution is -2.04. The van der Waals surface area contributed by atoms with Gasteiger partial charge >= 0.3 is 6.18 Å². The lowest BCUT2D eigenvalue weighted by molar-refractivity contribution is -0.136. The third-order valence-corrected chi connectivity index (χ3v) is 4.75. The van der Waals surface area contributed by atoms with Crippen LogP contribution in [0.1, 0.15) is 29.1 Å². The number of nitrogens with zero attached hydrogens (tertiary/aromatic N) is 4. The van der Waals surface area contributed by atoms with Gasteiger partial charge in [0.1, 0.15) is 17.6 Å². The molecule has 0 saturated heterocycles. The number of fused-ring (bicyclic) bond motifs is 1. The van der Waals surface area contributed by atoms with Crippen molar-refractivity contribution in [1.29, 1.82) is 5.26 Å². The number of anilines is 1. The van der Waals surface area contributed by atoms with Gasteiger partial charge in [-0.25, -0.2) is 15.0 Å². The number of nitriles is 1. The minimum absolute atomic E-state index is 0.0633. The fraction of sp³-hybridized carbons (Fsp3) is 0.200. The van der Waals surface area contributed by atoms with Crippen molar-refractivity contribution in [3.8, 4) is 6.07 Å². The molecule has 134 valence electrons. The molecule has 6 nitrogen and oxygen atoms in total. The minimum Gasteiger partial charge on any atom is -0.384 e. The minimum atomic E-state index is -4.52. The smallest absolute Gasteiger partial charge is 0.384 e. The number of thioether (sulfide) groups is 1. The number of nitrogens with two attached hydrogens (primary N) is 1. The van der Waals surface area contributed by atoms with E-state index in [-0.39, 0.29) is 32.7 Å². The summed E-state index contributed by atoms with van der Waals surface area (Å²) in [5, 5.41) is 8.59. The molecule has 11 heteroatoms. The molecule has 3 N–H and O–H groups in total. The number of aromatic nitrogens is 4. The van der Waals surface area contributed by atoms with Crippen LogP contribution in [0.5, 0.6) is 0 Å². The van der Waals surface area contributed by atoms with Gasteiger partial charge < -0.3 is 10.7 Å². The highest BCUT2D eigenvalue weighted by molar-refractivity contribution is 7.99. The quantitative estimate of drug-likeness (QED) is 0.386. The molecule has 3 aromatic rings. The van der Waals surface area contributed by atoms with Gasteiger partial charge in [0.05, 0.1) is 22.0 Å². The Morgan fingerprint density at radius 3 is 2.69 bits per heavy atom. The number of alkyl halides is 3. The van der Waals surface area contributed by atoms with Gasteiger partial charge in [-0.05, 0) is 13.0 Å². The Kier molecular flexibility index (Phi) is 4.68. The monoisotopic (exact) mass is 398 g/mol. The second-order valence-corrected chi connectivity index (χ2v) is 6.96. The van der Waals surface area contributed by atoms with Crippen LogP contribution in [0.25, 0.3) is 10.9 Å². The zero-order valence-electron chi connectivity index (χ0n) is 13.1. The van der Waals surface area contributed by atoms with E-state index < -0.39 is 17.0 Å². The van der Waals surface area contributed by atoms with Crippen LogP contribution < -0.4 is 5.73 Å². The standard InChI is InChI=1S/C15H10ClF3N6S/c1-6(26-14-23-7(4-20)2-11(21)25-14)10-3-8-9(15(17,18)19)5-22-12(8)13(16)24-10/h2-3,5-6,22H,1H3,(H2,21,23,25). The van der Waals surface area contributed by atoms with Gasteiger partial charge in [0.15, 0.2) is 10.3 Å².